The van der Waals surface area contributed by atoms with Crippen molar-refractivity contribution in [3.05, 3.63) is 0 Å². The molecule has 1 aliphatic rings. The number of nitrogens with zero attached hydrogens (tertiary/aromatic N) is 2. The van der Waals surface area contributed by atoms with E-state index in [1.54, 1.807) is 11.9 Å². The fourth-order valence-electron chi connectivity index (χ4n) is 2.42. The highest BCUT2D eigenvalue weighted by Crippen LogP contribution is 2.22. The lowest BCUT2D eigenvalue weighted by Crippen LogP contribution is -2.47. The Balaban J connectivity index is 2.59. The Morgan fingerprint density at radius 2 is 1.83 bits per heavy atom. The lowest BCUT2D eigenvalue weighted by atomic mass is 9.94. The van der Waals surface area contributed by atoms with Crippen LogP contribution < -0.4 is 0 Å². The molecule has 0 heterocycles. The molecule has 0 saturated heterocycles. The Bertz CT molecular complexity index is 288. The Labute approximate surface area is 109 Å². The normalized spacial score (nSPS) is 16.4. The second kappa shape index (κ2) is 7.36. The zero-order valence-electron chi connectivity index (χ0n) is 11.4. The van der Waals surface area contributed by atoms with E-state index in [-0.39, 0.29) is 31.0 Å². The van der Waals surface area contributed by atoms with Crippen LogP contribution in [-0.2, 0) is 9.59 Å². The minimum absolute atomic E-state index is 0.0218. The molecule has 18 heavy (non-hydrogen) atoms. The highest BCUT2D eigenvalue weighted by molar-refractivity contribution is 5.83. The average Bonchev–Trinajstić information content (AvgIpc) is 2.36. The van der Waals surface area contributed by atoms with Gasteiger partial charge in [-0.3, -0.25) is 9.59 Å². The van der Waals surface area contributed by atoms with E-state index in [1.165, 1.54) is 18.2 Å². The maximum absolute atomic E-state index is 12.2. The van der Waals surface area contributed by atoms with Crippen molar-refractivity contribution in [1.29, 1.82) is 0 Å². The molecule has 0 radical (unpaired) electrons. The molecule has 2 amide bonds. The molecule has 0 atom stereocenters. The quantitative estimate of drug-likeness (QED) is 0.784. The van der Waals surface area contributed by atoms with E-state index in [4.69, 9.17) is 5.11 Å². The first-order valence-electron chi connectivity index (χ1n) is 6.68. The van der Waals surface area contributed by atoms with Gasteiger partial charge in [0, 0.05) is 26.6 Å². The van der Waals surface area contributed by atoms with Crippen molar-refractivity contribution in [3.8, 4) is 0 Å². The number of rotatable bonds is 5. The second-order valence-electron chi connectivity index (χ2n) is 4.98. The fraction of sp³-hybridized carbons (Fsp3) is 0.846. The van der Waals surface area contributed by atoms with Crippen LogP contribution in [-0.4, -0.2) is 59.5 Å². The van der Waals surface area contributed by atoms with Gasteiger partial charge in [-0.15, -0.1) is 0 Å². The summed E-state index contributed by atoms with van der Waals surface area (Å²) in [6.07, 6.45) is 5.53. The summed E-state index contributed by atoms with van der Waals surface area (Å²) >= 11 is 0. The van der Waals surface area contributed by atoms with Crippen LogP contribution in [0.15, 0.2) is 0 Å². The Kier molecular flexibility index (Phi) is 6.12. The van der Waals surface area contributed by atoms with E-state index in [0.717, 1.165) is 25.7 Å². The maximum atomic E-state index is 12.2. The van der Waals surface area contributed by atoms with Crippen LogP contribution in [0.5, 0.6) is 0 Å². The Hall–Kier alpha value is -1.10. The number of likely N-dealkylation sites (N-methyl/N-ethyl adjacent to an activating group) is 1. The van der Waals surface area contributed by atoms with Crippen LogP contribution in [0.3, 0.4) is 0 Å². The molecule has 0 unspecified atom stereocenters. The third kappa shape index (κ3) is 4.29. The van der Waals surface area contributed by atoms with Crippen LogP contribution in [0.2, 0.25) is 0 Å². The summed E-state index contributed by atoms with van der Waals surface area (Å²) in [7, 11) is 1.62. The third-order valence-corrected chi connectivity index (χ3v) is 3.59. The van der Waals surface area contributed by atoms with Crippen LogP contribution >= 0.6 is 0 Å². The zero-order chi connectivity index (χ0) is 13.5. The molecule has 0 aromatic heterocycles. The summed E-state index contributed by atoms with van der Waals surface area (Å²) in [4.78, 5) is 26.5. The monoisotopic (exact) mass is 256 g/mol. The van der Waals surface area contributed by atoms with Gasteiger partial charge in [0.1, 0.15) is 0 Å². The summed E-state index contributed by atoms with van der Waals surface area (Å²) in [5.41, 5.74) is 0. The number of carbonyl (C=O) groups is 2. The van der Waals surface area contributed by atoms with Gasteiger partial charge in [-0.05, 0) is 12.8 Å². The van der Waals surface area contributed by atoms with E-state index in [1.807, 2.05) is 0 Å². The van der Waals surface area contributed by atoms with E-state index in [0.29, 0.717) is 6.54 Å². The average molecular weight is 256 g/mol. The van der Waals surface area contributed by atoms with E-state index < -0.39 is 0 Å². The minimum atomic E-state index is -0.115. The summed E-state index contributed by atoms with van der Waals surface area (Å²) < 4.78 is 0. The fourth-order valence-corrected chi connectivity index (χ4v) is 2.42. The third-order valence-electron chi connectivity index (χ3n) is 3.59. The summed E-state index contributed by atoms with van der Waals surface area (Å²) in [5.74, 6) is -0.176. The number of hydrogen-bond donors (Lipinski definition) is 1. The lowest BCUT2D eigenvalue weighted by Gasteiger charge is -2.35. The molecule has 0 aliphatic heterocycles. The summed E-state index contributed by atoms with van der Waals surface area (Å²) in [6.45, 7) is 1.90. The first-order valence-corrected chi connectivity index (χ1v) is 6.68. The van der Waals surface area contributed by atoms with Crippen molar-refractivity contribution in [1.82, 2.24) is 9.80 Å². The molecule has 5 heteroatoms. The van der Waals surface area contributed by atoms with Crippen molar-refractivity contribution >= 4 is 11.8 Å². The summed E-state index contributed by atoms with van der Waals surface area (Å²) in [5, 5.41) is 9.09. The van der Waals surface area contributed by atoms with Gasteiger partial charge in [0.05, 0.1) is 13.2 Å². The molecule has 5 nitrogen and oxygen atoms in total. The van der Waals surface area contributed by atoms with Gasteiger partial charge in [0.15, 0.2) is 0 Å². The molecule has 0 aromatic rings. The lowest BCUT2D eigenvalue weighted by molar-refractivity contribution is -0.140. The van der Waals surface area contributed by atoms with Gasteiger partial charge in [-0.2, -0.15) is 0 Å². The number of amides is 2. The van der Waals surface area contributed by atoms with Crippen molar-refractivity contribution < 1.29 is 14.7 Å². The molecule has 104 valence electrons. The molecule has 1 N–H and O–H groups in total. The number of aliphatic hydroxyl groups excluding tert-OH is 1. The summed E-state index contributed by atoms with van der Waals surface area (Å²) in [6, 6.07) is 0.235. The zero-order valence-corrected chi connectivity index (χ0v) is 11.4. The van der Waals surface area contributed by atoms with Crippen molar-refractivity contribution in [3.63, 3.8) is 0 Å². The molecule has 1 aliphatic carbocycles. The van der Waals surface area contributed by atoms with E-state index in [2.05, 4.69) is 0 Å². The SMILES string of the molecule is CC(=O)N(C)CC(=O)N(CCO)C1CCCCC1. The molecule has 1 saturated carbocycles. The molecular formula is C13H24N2O3. The molecule has 0 aromatic carbocycles. The van der Waals surface area contributed by atoms with Gasteiger partial charge in [-0.25, -0.2) is 0 Å². The molecule has 0 bridgehead atoms. The standard InChI is InChI=1S/C13H24N2O3/c1-11(17)14(2)10-13(18)15(8-9-16)12-6-4-3-5-7-12/h12,16H,3-10H2,1-2H3. The molecule has 1 fully saturated rings. The molecule has 1 rings (SSSR count). The van der Waals surface area contributed by atoms with Crippen LogP contribution in [0.25, 0.3) is 0 Å². The first-order chi connectivity index (χ1) is 8.56. The van der Waals surface area contributed by atoms with Crippen molar-refractivity contribution in [2.45, 2.75) is 45.1 Å². The maximum Gasteiger partial charge on any atom is 0.242 e. The number of carbonyl (C=O) groups excluding carboxylic acids is 2. The van der Waals surface area contributed by atoms with E-state index in [9.17, 15) is 9.59 Å². The minimum Gasteiger partial charge on any atom is -0.395 e. The smallest absolute Gasteiger partial charge is 0.242 e. The van der Waals surface area contributed by atoms with Gasteiger partial charge in [0.25, 0.3) is 0 Å². The van der Waals surface area contributed by atoms with Gasteiger partial charge in [-0.1, -0.05) is 19.3 Å². The van der Waals surface area contributed by atoms with Crippen LogP contribution in [0, 0.1) is 0 Å². The number of aliphatic hydroxyl groups is 1. The second-order valence-corrected chi connectivity index (χ2v) is 4.98. The van der Waals surface area contributed by atoms with Crippen molar-refractivity contribution in [2.24, 2.45) is 0 Å². The van der Waals surface area contributed by atoms with Crippen LogP contribution in [0.1, 0.15) is 39.0 Å². The first kappa shape index (κ1) is 15.0. The van der Waals surface area contributed by atoms with Crippen LogP contribution in [0.4, 0.5) is 0 Å². The van der Waals surface area contributed by atoms with E-state index >= 15 is 0 Å². The van der Waals surface area contributed by atoms with Crippen molar-refractivity contribution in [2.75, 3.05) is 26.7 Å². The number of hydrogen-bond acceptors (Lipinski definition) is 3. The Morgan fingerprint density at radius 3 is 2.33 bits per heavy atom. The highest BCUT2D eigenvalue weighted by atomic mass is 16.3. The molecule has 0 spiro atoms. The Morgan fingerprint density at radius 1 is 1.22 bits per heavy atom. The predicted molar refractivity (Wildman–Crippen MR) is 69.0 cm³/mol. The molecular weight excluding hydrogens is 232 g/mol. The van der Waals surface area contributed by atoms with Gasteiger partial charge < -0.3 is 14.9 Å². The van der Waals surface area contributed by atoms with Gasteiger partial charge >= 0.3 is 0 Å². The largest absolute Gasteiger partial charge is 0.395 e. The predicted octanol–water partition coefficient (Wildman–Crippen LogP) is 0.618. The highest BCUT2D eigenvalue weighted by Gasteiger charge is 2.25. The topological polar surface area (TPSA) is 60.9 Å². The van der Waals surface area contributed by atoms with Gasteiger partial charge in [0.2, 0.25) is 11.8 Å².